The lowest BCUT2D eigenvalue weighted by Crippen LogP contribution is -2.10. The van der Waals surface area contributed by atoms with Crippen LogP contribution in [0.15, 0.2) is 30.3 Å². The summed E-state index contributed by atoms with van der Waals surface area (Å²) in [6.45, 7) is 7.13. The molecule has 0 unspecified atom stereocenters. The van der Waals surface area contributed by atoms with Crippen LogP contribution in [0, 0.1) is 5.92 Å². The normalized spacial score (nSPS) is 19.7. The first kappa shape index (κ1) is 21.7. The summed E-state index contributed by atoms with van der Waals surface area (Å²) in [6.07, 6.45) is 0.976. The molecule has 0 saturated heterocycles. The number of hydrogen-bond donors (Lipinski definition) is 0. The second-order valence-electron chi connectivity index (χ2n) is 7.58. The zero-order valence-corrected chi connectivity index (χ0v) is 18.3. The average Bonchev–Trinajstić information content (AvgIpc) is 2.97. The van der Waals surface area contributed by atoms with Gasteiger partial charge in [0.05, 0.1) is 14.2 Å². The molecular formula is C24H28O6. The maximum atomic E-state index is 11.6. The molecule has 0 bridgehead atoms. The lowest BCUT2D eigenvalue weighted by Gasteiger charge is -2.22. The Morgan fingerprint density at radius 1 is 0.833 bits per heavy atom. The maximum absolute atomic E-state index is 11.6. The molecule has 0 aliphatic heterocycles. The van der Waals surface area contributed by atoms with E-state index in [0.29, 0.717) is 34.8 Å². The maximum Gasteiger partial charge on any atom is 0.308 e. The Bertz CT molecular complexity index is 964. The number of esters is 2. The Hall–Kier alpha value is -3.02. The summed E-state index contributed by atoms with van der Waals surface area (Å²) in [4.78, 5) is 23.0. The molecular weight excluding hydrogens is 384 g/mol. The summed E-state index contributed by atoms with van der Waals surface area (Å²) >= 11 is 0. The molecule has 0 N–H and O–H groups in total. The molecule has 0 heterocycles. The molecule has 3 rings (SSSR count). The van der Waals surface area contributed by atoms with E-state index in [-0.39, 0.29) is 5.92 Å². The fourth-order valence-electron chi connectivity index (χ4n) is 4.57. The molecule has 0 amide bonds. The number of hydrogen-bond acceptors (Lipinski definition) is 6. The van der Waals surface area contributed by atoms with E-state index >= 15 is 0 Å². The van der Waals surface area contributed by atoms with Gasteiger partial charge in [0, 0.05) is 19.8 Å². The largest absolute Gasteiger partial charge is 0.493 e. The van der Waals surface area contributed by atoms with Crippen LogP contribution in [0.25, 0.3) is 0 Å². The first-order chi connectivity index (χ1) is 14.3. The van der Waals surface area contributed by atoms with Gasteiger partial charge in [-0.25, -0.2) is 0 Å². The second kappa shape index (κ2) is 8.78. The van der Waals surface area contributed by atoms with Crippen LogP contribution in [0.2, 0.25) is 0 Å². The summed E-state index contributed by atoms with van der Waals surface area (Å²) in [5, 5.41) is 0. The first-order valence-electron chi connectivity index (χ1n) is 10.1. The van der Waals surface area contributed by atoms with Crippen LogP contribution in [-0.4, -0.2) is 26.2 Å². The number of carbonyl (C=O) groups excluding carboxylic acids is 2. The lowest BCUT2D eigenvalue weighted by atomic mass is 9.83. The molecule has 0 aromatic heterocycles. The fraction of sp³-hybridized carbons (Fsp3) is 0.417. The molecule has 2 aromatic carbocycles. The van der Waals surface area contributed by atoms with Gasteiger partial charge in [-0.15, -0.1) is 0 Å². The third kappa shape index (κ3) is 3.99. The Labute approximate surface area is 177 Å². The van der Waals surface area contributed by atoms with Crippen molar-refractivity contribution in [1.82, 2.24) is 0 Å². The quantitative estimate of drug-likeness (QED) is 0.500. The minimum atomic E-state index is -0.398. The van der Waals surface area contributed by atoms with Crippen molar-refractivity contribution in [2.75, 3.05) is 14.2 Å². The van der Waals surface area contributed by atoms with Gasteiger partial charge >= 0.3 is 11.9 Å². The number of benzene rings is 2. The molecule has 2 aromatic rings. The highest BCUT2D eigenvalue weighted by Crippen LogP contribution is 2.54. The smallest absolute Gasteiger partial charge is 0.308 e. The van der Waals surface area contributed by atoms with E-state index in [9.17, 15) is 9.59 Å². The summed E-state index contributed by atoms with van der Waals surface area (Å²) < 4.78 is 21.6. The SMILES string of the molecule is CC[C@@H]1c2cc(OC)c(OC(C)=O)cc2[C@H](c2ccc(OC(C)=O)c(OC)c2)[C@H]1C. The molecule has 6 nitrogen and oxygen atoms in total. The number of fused-ring (bicyclic) bond motifs is 1. The van der Waals surface area contributed by atoms with Gasteiger partial charge in [0.25, 0.3) is 0 Å². The number of rotatable bonds is 6. The minimum Gasteiger partial charge on any atom is -0.493 e. The minimum absolute atomic E-state index is 0.0745. The van der Waals surface area contributed by atoms with Crippen molar-refractivity contribution in [3.63, 3.8) is 0 Å². The van der Waals surface area contributed by atoms with Crippen LogP contribution in [0.5, 0.6) is 23.0 Å². The highest BCUT2D eigenvalue weighted by Gasteiger charge is 2.39. The number of ether oxygens (including phenoxy) is 4. The van der Waals surface area contributed by atoms with Gasteiger partial charge in [-0.2, -0.15) is 0 Å². The Balaban J connectivity index is 2.13. The van der Waals surface area contributed by atoms with Crippen molar-refractivity contribution in [2.24, 2.45) is 5.92 Å². The van der Waals surface area contributed by atoms with Crippen LogP contribution < -0.4 is 18.9 Å². The van der Waals surface area contributed by atoms with Crippen LogP contribution in [0.3, 0.4) is 0 Å². The summed E-state index contributed by atoms with van der Waals surface area (Å²) in [5.41, 5.74) is 3.35. The van der Waals surface area contributed by atoms with Gasteiger partial charge < -0.3 is 18.9 Å². The highest BCUT2D eigenvalue weighted by molar-refractivity contribution is 5.72. The second-order valence-corrected chi connectivity index (χ2v) is 7.58. The van der Waals surface area contributed by atoms with Crippen molar-refractivity contribution < 1.29 is 28.5 Å². The zero-order chi connectivity index (χ0) is 22.0. The number of methoxy groups -OCH3 is 2. The monoisotopic (exact) mass is 412 g/mol. The van der Waals surface area contributed by atoms with Crippen molar-refractivity contribution in [3.8, 4) is 23.0 Å². The molecule has 0 spiro atoms. The fourth-order valence-corrected chi connectivity index (χ4v) is 4.57. The van der Waals surface area contributed by atoms with Gasteiger partial charge in [-0.1, -0.05) is 19.9 Å². The Morgan fingerprint density at radius 2 is 1.40 bits per heavy atom. The van der Waals surface area contributed by atoms with Crippen molar-refractivity contribution >= 4 is 11.9 Å². The van der Waals surface area contributed by atoms with Gasteiger partial charge in [0.1, 0.15) is 0 Å². The average molecular weight is 412 g/mol. The zero-order valence-electron chi connectivity index (χ0n) is 18.3. The number of carbonyl (C=O) groups is 2. The Kier molecular flexibility index (Phi) is 6.34. The summed E-state index contributed by atoms with van der Waals surface area (Å²) in [7, 11) is 3.13. The molecule has 0 radical (unpaired) electrons. The highest BCUT2D eigenvalue weighted by atomic mass is 16.6. The topological polar surface area (TPSA) is 71.1 Å². The van der Waals surface area contributed by atoms with E-state index < -0.39 is 11.9 Å². The molecule has 6 heteroatoms. The predicted octanol–water partition coefficient (Wildman–Crippen LogP) is 4.83. The van der Waals surface area contributed by atoms with E-state index in [1.165, 1.54) is 19.4 Å². The molecule has 160 valence electrons. The molecule has 3 atom stereocenters. The van der Waals surface area contributed by atoms with Crippen LogP contribution >= 0.6 is 0 Å². The lowest BCUT2D eigenvalue weighted by molar-refractivity contribution is -0.132. The van der Waals surface area contributed by atoms with Gasteiger partial charge in [-0.3, -0.25) is 9.59 Å². The van der Waals surface area contributed by atoms with Crippen LogP contribution in [0.1, 0.15) is 62.6 Å². The third-order valence-electron chi connectivity index (χ3n) is 5.76. The van der Waals surface area contributed by atoms with Crippen molar-refractivity contribution in [2.45, 2.75) is 46.0 Å². The summed E-state index contributed by atoms with van der Waals surface area (Å²) in [6, 6.07) is 9.54. The molecule has 1 aliphatic rings. The van der Waals surface area contributed by atoms with Gasteiger partial charge in [0.2, 0.25) is 0 Å². The van der Waals surface area contributed by atoms with E-state index in [0.717, 1.165) is 17.5 Å². The van der Waals surface area contributed by atoms with E-state index in [4.69, 9.17) is 18.9 Å². The predicted molar refractivity (Wildman–Crippen MR) is 113 cm³/mol. The van der Waals surface area contributed by atoms with Crippen molar-refractivity contribution in [3.05, 3.63) is 47.0 Å². The molecule has 0 saturated carbocycles. The van der Waals surface area contributed by atoms with Crippen LogP contribution in [0.4, 0.5) is 0 Å². The third-order valence-corrected chi connectivity index (χ3v) is 5.76. The van der Waals surface area contributed by atoms with Crippen molar-refractivity contribution in [1.29, 1.82) is 0 Å². The Morgan fingerprint density at radius 3 is 1.97 bits per heavy atom. The molecule has 1 aliphatic carbocycles. The van der Waals surface area contributed by atoms with E-state index in [2.05, 4.69) is 13.8 Å². The van der Waals surface area contributed by atoms with Gasteiger partial charge in [-0.05, 0) is 59.2 Å². The van der Waals surface area contributed by atoms with E-state index in [1.807, 2.05) is 24.3 Å². The van der Waals surface area contributed by atoms with Crippen LogP contribution in [-0.2, 0) is 9.59 Å². The molecule has 30 heavy (non-hydrogen) atoms. The first-order valence-corrected chi connectivity index (χ1v) is 10.1. The van der Waals surface area contributed by atoms with E-state index in [1.54, 1.807) is 20.3 Å². The standard InChI is InChI=1S/C24H28O6/c1-7-17-13(2)24(16-8-9-20(29-14(3)25)21(10-16)27-5)19-12-23(30-15(4)26)22(28-6)11-18(17)19/h8-13,17,24H,7H2,1-6H3/t13-,17-,24-/m0/s1. The van der Waals surface area contributed by atoms with Gasteiger partial charge in [0.15, 0.2) is 23.0 Å². The molecule has 0 fully saturated rings. The summed E-state index contributed by atoms with van der Waals surface area (Å²) in [5.74, 6) is 1.80.